The molecule has 0 radical (unpaired) electrons. The Morgan fingerprint density at radius 2 is 1.62 bits per heavy atom. The molecule has 2 N–H and O–H groups in total. The summed E-state index contributed by atoms with van der Waals surface area (Å²) in [5, 5.41) is 4.63. The van der Waals surface area contributed by atoms with Gasteiger partial charge in [-0.05, 0) is 36.8 Å². The van der Waals surface area contributed by atoms with Crippen LogP contribution in [0.2, 0.25) is 0 Å². The van der Waals surface area contributed by atoms with Crippen molar-refractivity contribution in [2.24, 2.45) is 0 Å². The van der Waals surface area contributed by atoms with E-state index in [1.54, 1.807) is 13.0 Å². The highest BCUT2D eigenvalue weighted by atomic mass is 19.1. The van der Waals surface area contributed by atoms with Gasteiger partial charge in [-0.2, -0.15) is 0 Å². The predicted octanol–water partition coefficient (Wildman–Crippen LogP) is 3.71. The summed E-state index contributed by atoms with van der Waals surface area (Å²) < 4.78 is 40.8. The monoisotopic (exact) mass is 294 g/mol. The van der Waals surface area contributed by atoms with Gasteiger partial charge < -0.3 is 10.6 Å². The molecule has 0 aliphatic carbocycles. The van der Waals surface area contributed by atoms with Crippen LogP contribution < -0.4 is 10.6 Å². The number of benzene rings is 2. The van der Waals surface area contributed by atoms with Crippen LogP contribution in [-0.4, -0.2) is 13.0 Å². The Bertz CT molecular complexity index is 678. The number of anilines is 2. The lowest BCUT2D eigenvalue weighted by molar-refractivity contribution is 0.102. The van der Waals surface area contributed by atoms with E-state index in [0.29, 0.717) is 5.56 Å². The van der Waals surface area contributed by atoms with Gasteiger partial charge in [-0.15, -0.1) is 0 Å². The van der Waals surface area contributed by atoms with Crippen LogP contribution in [0, 0.1) is 24.4 Å². The van der Waals surface area contributed by atoms with Crippen molar-refractivity contribution >= 4 is 17.3 Å². The molecule has 0 saturated heterocycles. The third-order valence-corrected chi connectivity index (χ3v) is 2.93. The highest BCUT2D eigenvalue weighted by Gasteiger charge is 2.15. The molecule has 0 aliphatic rings. The maximum absolute atomic E-state index is 13.6. The molecule has 3 nitrogen and oxygen atoms in total. The van der Waals surface area contributed by atoms with Crippen LogP contribution in [0.15, 0.2) is 30.3 Å². The van der Waals surface area contributed by atoms with Gasteiger partial charge in [0.15, 0.2) is 0 Å². The molecule has 0 fully saturated rings. The van der Waals surface area contributed by atoms with E-state index in [0.717, 1.165) is 12.1 Å². The fraction of sp³-hybridized carbons (Fsp3) is 0.133. The summed E-state index contributed by atoms with van der Waals surface area (Å²) in [5.74, 6) is -3.20. The lowest BCUT2D eigenvalue weighted by Gasteiger charge is -2.09. The lowest BCUT2D eigenvalue weighted by atomic mass is 10.1. The normalized spacial score (nSPS) is 10.3. The Morgan fingerprint density at radius 1 is 1.00 bits per heavy atom. The first kappa shape index (κ1) is 14.9. The number of amides is 1. The third kappa shape index (κ3) is 3.16. The molecule has 6 heteroatoms. The molecule has 2 rings (SSSR count). The van der Waals surface area contributed by atoms with Crippen LogP contribution in [0.3, 0.4) is 0 Å². The number of aryl methyl sites for hydroxylation is 1. The first-order valence-corrected chi connectivity index (χ1v) is 6.16. The number of rotatable bonds is 3. The lowest BCUT2D eigenvalue weighted by Crippen LogP contribution is -2.14. The number of hydrogen-bond donors (Lipinski definition) is 2. The average molecular weight is 294 g/mol. The van der Waals surface area contributed by atoms with E-state index < -0.39 is 23.4 Å². The molecular weight excluding hydrogens is 281 g/mol. The van der Waals surface area contributed by atoms with Gasteiger partial charge in [0.1, 0.15) is 23.1 Å². The van der Waals surface area contributed by atoms with Gasteiger partial charge in [-0.3, -0.25) is 4.79 Å². The predicted molar refractivity (Wildman–Crippen MR) is 75.0 cm³/mol. The standard InChI is InChI=1S/C15H13F3N2O/c1-8-3-4-13(10(16)5-8)20-15(21)9-6-11(17)14(19-2)12(18)7-9/h3-7,19H,1-2H3,(H,20,21). The van der Waals surface area contributed by atoms with Crippen LogP contribution in [0.5, 0.6) is 0 Å². The highest BCUT2D eigenvalue weighted by molar-refractivity contribution is 6.04. The van der Waals surface area contributed by atoms with Crippen LogP contribution >= 0.6 is 0 Å². The second-order valence-electron chi connectivity index (χ2n) is 4.50. The van der Waals surface area contributed by atoms with Crippen molar-refractivity contribution in [2.45, 2.75) is 6.92 Å². The molecular formula is C15H13F3N2O. The van der Waals surface area contributed by atoms with Crippen molar-refractivity contribution in [1.29, 1.82) is 0 Å². The number of carbonyl (C=O) groups excluding carboxylic acids is 1. The summed E-state index contributed by atoms with van der Waals surface area (Å²) in [6.45, 7) is 1.70. The Morgan fingerprint density at radius 3 is 2.14 bits per heavy atom. The first-order chi connectivity index (χ1) is 9.92. The molecule has 0 spiro atoms. The number of carbonyl (C=O) groups is 1. The maximum Gasteiger partial charge on any atom is 0.255 e. The Labute approximate surface area is 119 Å². The Kier molecular flexibility index (Phi) is 4.16. The van der Waals surface area contributed by atoms with Crippen LogP contribution in [0.1, 0.15) is 15.9 Å². The van der Waals surface area contributed by atoms with Crippen LogP contribution in [0.25, 0.3) is 0 Å². The van der Waals surface area contributed by atoms with Gasteiger partial charge in [0.05, 0.1) is 5.69 Å². The smallest absolute Gasteiger partial charge is 0.255 e. The third-order valence-electron chi connectivity index (χ3n) is 2.93. The SMILES string of the molecule is CNc1c(F)cc(C(=O)Nc2ccc(C)cc2F)cc1F. The minimum atomic E-state index is -0.896. The minimum Gasteiger partial charge on any atom is -0.383 e. The van der Waals surface area contributed by atoms with Crippen molar-refractivity contribution in [3.05, 3.63) is 58.9 Å². The van der Waals surface area contributed by atoms with Crippen LogP contribution in [0.4, 0.5) is 24.5 Å². The number of hydrogen-bond acceptors (Lipinski definition) is 2. The molecule has 0 unspecified atom stereocenters. The summed E-state index contributed by atoms with van der Waals surface area (Å²) in [4.78, 5) is 11.9. The largest absolute Gasteiger partial charge is 0.383 e. The van der Waals surface area contributed by atoms with Crippen LogP contribution in [-0.2, 0) is 0 Å². The molecule has 2 aromatic rings. The van der Waals surface area contributed by atoms with E-state index in [1.807, 2.05) is 0 Å². The van der Waals surface area contributed by atoms with E-state index in [9.17, 15) is 18.0 Å². The molecule has 21 heavy (non-hydrogen) atoms. The van der Waals surface area contributed by atoms with E-state index in [4.69, 9.17) is 0 Å². The molecule has 1 amide bonds. The zero-order valence-corrected chi connectivity index (χ0v) is 11.4. The van der Waals surface area contributed by atoms with E-state index in [2.05, 4.69) is 10.6 Å². The fourth-order valence-corrected chi connectivity index (χ4v) is 1.86. The number of halogens is 3. The summed E-state index contributed by atoms with van der Waals surface area (Å²) in [6, 6.07) is 6.02. The zero-order valence-electron chi connectivity index (χ0n) is 11.4. The summed E-state index contributed by atoms with van der Waals surface area (Å²) in [6.07, 6.45) is 0. The molecule has 110 valence electrons. The quantitative estimate of drug-likeness (QED) is 0.906. The molecule has 0 heterocycles. The fourth-order valence-electron chi connectivity index (χ4n) is 1.86. The molecule has 0 saturated carbocycles. The van der Waals surface area contributed by atoms with Gasteiger partial charge in [0.25, 0.3) is 5.91 Å². The van der Waals surface area contributed by atoms with Crippen molar-refractivity contribution < 1.29 is 18.0 Å². The second kappa shape index (κ2) is 5.87. The highest BCUT2D eigenvalue weighted by Crippen LogP contribution is 2.22. The molecule has 2 aromatic carbocycles. The average Bonchev–Trinajstić information content (AvgIpc) is 2.41. The first-order valence-electron chi connectivity index (χ1n) is 6.16. The van der Waals surface area contributed by atoms with E-state index in [-0.39, 0.29) is 16.9 Å². The van der Waals surface area contributed by atoms with Gasteiger partial charge in [0, 0.05) is 12.6 Å². The van der Waals surface area contributed by atoms with Crippen molar-refractivity contribution in [3.8, 4) is 0 Å². The van der Waals surface area contributed by atoms with E-state index >= 15 is 0 Å². The topological polar surface area (TPSA) is 41.1 Å². The van der Waals surface area contributed by atoms with Crippen molar-refractivity contribution in [1.82, 2.24) is 0 Å². The molecule has 0 atom stereocenters. The second-order valence-corrected chi connectivity index (χ2v) is 4.50. The molecule has 0 aliphatic heterocycles. The van der Waals surface area contributed by atoms with E-state index in [1.165, 1.54) is 19.2 Å². The van der Waals surface area contributed by atoms with Crippen molar-refractivity contribution in [2.75, 3.05) is 17.7 Å². The molecule has 0 bridgehead atoms. The maximum atomic E-state index is 13.6. The minimum absolute atomic E-state index is 0.0518. The van der Waals surface area contributed by atoms with Gasteiger partial charge in [-0.25, -0.2) is 13.2 Å². The summed E-state index contributed by atoms with van der Waals surface area (Å²) in [7, 11) is 1.36. The zero-order chi connectivity index (χ0) is 15.6. The number of nitrogens with one attached hydrogen (secondary N) is 2. The van der Waals surface area contributed by atoms with Gasteiger partial charge in [-0.1, -0.05) is 6.07 Å². The Hall–Kier alpha value is -2.50. The Balaban J connectivity index is 2.28. The van der Waals surface area contributed by atoms with Crippen molar-refractivity contribution in [3.63, 3.8) is 0 Å². The summed E-state index contributed by atoms with van der Waals surface area (Å²) >= 11 is 0. The summed E-state index contributed by atoms with van der Waals surface area (Å²) in [5.41, 5.74) is 0.0853. The van der Waals surface area contributed by atoms with Gasteiger partial charge >= 0.3 is 0 Å². The molecule has 0 aromatic heterocycles. The van der Waals surface area contributed by atoms with Gasteiger partial charge in [0.2, 0.25) is 0 Å².